The first-order valence-electron chi connectivity index (χ1n) is 20.7. The van der Waals surface area contributed by atoms with Crippen LogP contribution in [0.1, 0.15) is 44.4 Å². The number of nitrogens with zero attached hydrogens (tertiary/aromatic N) is 3. The van der Waals surface area contributed by atoms with E-state index in [0.29, 0.717) is 0 Å². The molecule has 0 aliphatic heterocycles. The summed E-state index contributed by atoms with van der Waals surface area (Å²) in [5.74, 6) is 0. The highest BCUT2D eigenvalue weighted by Crippen LogP contribution is 2.41. The molecule has 0 saturated heterocycles. The Balaban J connectivity index is 1.12. The van der Waals surface area contributed by atoms with E-state index in [1.807, 2.05) is 6.26 Å². The number of fused-ring (bicyclic) bond motifs is 3. The van der Waals surface area contributed by atoms with Crippen LogP contribution in [0.5, 0.6) is 0 Å². The molecule has 4 heteroatoms. The molecular weight excluding hydrogens is 747 g/mol. The summed E-state index contributed by atoms with van der Waals surface area (Å²) in [6, 6.07) is 61.5. The van der Waals surface area contributed by atoms with Gasteiger partial charge in [-0.1, -0.05) is 150 Å². The quantitative estimate of drug-likeness (QED) is 0.136. The number of hydrogen-bond acceptors (Lipinski definition) is 3. The Morgan fingerprint density at radius 2 is 1.10 bits per heavy atom. The molecule has 3 nitrogen and oxygen atoms in total. The second kappa shape index (κ2) is 16.2. The lowest BCUT2D eigenvalue weighted by Gasteiger charge is -2.32. The third kappa shape index (κ3) is 7.33. The van der Waals surface area contributed by atoms with Gasteiger partial charge in [0, 0.05) is 45.2 Å². The van der Waals surface area contributed by atoms with Crippen LogP contribution in [0.25, 0.3) is 55.3 Å². The topological polar surface area (TPSA) is 20.5 Å². The molecule has 1 heterocycles. The van der Waals surface area contributed by atoms with E-state index in [1.54, 1.807) is 0 Å². The van der Waals surface area contributed by atoms with Gasteiger partial charge in [0.2, 0.25) is 0 Å². The minimum atomic E-state index is 0.0612. The number of hydrogen-bond donors (Lipinski definition) is 0. The van der Waals surface area contributed by atoms with Gasteiger partial charge < -0.3 is 9.47 Å². The predicted molar refractivity (Wildman–Crippen MR) is 261 cm³/mol. The van der Waals surface area contributed by atoms with E-state index in [9.17, 15) is 0 Å². The zero-order chi connectivity index (χ0) is 41.4. The molecule has 60 heavy (non-hydrogen) atoms. The lowest BCUT2D eigenvalue weighted by Crippen LogP contribution is -2.23. The van der Waals surface area contributed by atoms with Gasteiger partial charge in [-0.25, -0.2) is 4.40 Å². The van der Waals surface area contributed by atoms with Crippen molar-refractivity contribution in [2.24, 2.45) is 4.40 Å². The summed E-state index contributed by atoms with van der Waals surface area (Å²) in [6.07, 6.45) is 7.43. The van der Waals surface area contributed by atoms with Crippen LogP contribution in [0.2, 0.25) is 0 Å². The van der Waals surface area contributed by atoms with Crippen molar-refractivity contribution in [2.75, 3.05) is 11.2 Å². The number of rotatable bonds is 9. The first-order valence-corrected chi connectivity index (χ1v) is 21.9. The molecule has 1 aliphatic rings. The van der Waals surface area contributed by atoms with E-state index in [0.717, 1.165) is 51.6 Å². The summed E-state index contributed by atoms with van der Waals surface area (Å²) >= 11 is 1.46. The van der Waals surface area contributed by atoms with E-state index in [4.69, 9.17) is 11.0 Å². The first-order chi connectivity index (χ1) is 29.2. The monoisotopic (exact) mass is 795 g/mol. The van der Waals surface area contributed by atoms with Gasteiger partial charge in [0.25, 0.3) is 0 Å². The normalized spacial score (nSPS) is 13.8. The van der Waals surface area contributed by atoms with Crippen molar-refractivity contribution in [3.8, 4) is 27.9 Å². The minimum absolute atomic E-state index is 0.0612. The van der Waals surface area contributed by atoms with Gasteiger partial charge in [0.1, 0.15) is 0 Å². The van der Waals surface area contributed by atoms with Crippen molar-refractivity contribution in [1.29, 1.82) is 0 Å². The summed E-state index contributed by atoms with van der Waals surface area (Å²) < 4.78 is 7.45. The van der Waals surface area contributed by atoms with Crippen molar-refractivity contribution in [3.05, 3.63) is 217 Å². The van der Waals surface area contributed by atoms with Gasteiger partial charge >= 0.3 is 0 Å². The number of anilines is 2. The smallest absolute Gasteiger partial charge is 0.0878 e. The Morgan fingerprint density at radius 1 is 0.583 bits per heavy atom. The number of aryl methyl sites for hydroxylation is 1. The molecule has 1 aliphatic carbocycles. The maximum absolute atomic E-state index is 5.04. The molecule has 0 spiro atoms. The molecule has 1 aromatic heterocycles. The molecule has 8 aromatic rings. The molecule has 0 saturated carbocycles. The third-order valence-electron chi connectivity index (χ3n) is 11.7. The summed E-state index contributed by atoms with van der Waals surface area (Å²) in [5, 5.41) is 2.59. The fraction of sp³-hybridized carbons (Fsp3) is 0.125. The second-order valence-electron chi connectivity index (χ2n) is 16.5. The van der Waals surface area contributed by atoms with Gasteiger partial charge in [0.05, 0.1) is 22.4 Å². The van der Waals surface area contributed by atoms with Crippen LogP contribution in [0.3, 0.4) is 0 Å². The Bertz CT molecular complexity index is 2860. The third-order valence-corrected chi connectivity index (χ3v) is 12.1. The van der Waals surface area contributed by atoms with Gasteiger partial charge in [-0.2, -0.15) is 0 Å². The highest BCUT2D eigenvalue weighted by atomic mass is 32.2. The largest absolute Gasteiger partial charge is 0.310 e. The Kier molecular flexibility index (Phi) is 10.5. The number of allylic oxidation sites excluding steroid dienone is 4. The molecule has 0 fully saturated rings. The molecule has 0 bridgehead atoms. The average molecular weight is 796 g/mol. The van der Waals surface area contributed by atoms with E-state index < -0.39 is 0 Å². The fourth-order valence-corrected chi connectivity index (χ4v) is 8.77. The Hall–Kier alpha value is -6.62. The SMILES string of the molecule is C=C1C(N(c2ccc(-c3ccccc3)cc2)c2ccc(-c3ccccc3)cc2)=CC=C(c2ccc(-n3c4ccc(CC)cc4c4cc(C(C)(C)C)ccc43)cc2)C1=NSC. The number of aromatic nitrogens is 1. The molecule has 0 atom stereocenters. The molecule has 0 radical (unpaired) electrons. The molecule has 7 aromatic carbocycles. The second-order valence-corrected chi connectivity index (χ2v) is 17.0. The van der Waals surface area contributed by atoms with Crippen molar-refractivity contribution in [3.63, 3.8) is 0 Å². The number of benzene rings is 7. The standard InChI is InChI=1S/C56H49N3S/c1-7-39-18-33-53-50(36-39)51-37-45(56(3,4)5)25-34-54(51)59(53)48-30-23-44(24-31-48)49-32-35-52(38(2)55(49)57-60-6)58(46-26-19-42(20-27-46)40-14-10-8-11-15-40)47-28-21-43(22-29-47)41-16-12-9-13-17-41/h8-37H,2,7H2,1,3-6H3. The fourth-order valence-electron chi connectivity index (χ4n) is 8.38. The van der Waals surface area contributed by atoms with Gasteiger partial charge in [-0.3, -0.25) is 0 Å². The summed E-state index contributed by atoms with van der Waals surface area (Å²) in [4.78, 5) is 2.30. The van der Waals surface area contributed by atoms with Crippen LogP contribution in [0.4, 0.5) is 11.4 Å². The highest BCUT2D eigenvalue weighted by molar-refractivity contribution is 7.97. The van der Waals surface area contributed by atoms with Crippen molar-refractivity contribution >= 4 is 56.4 Å². The summed E-state index contributed by atoms with van der Waals surface area (Å²) in [6.45, 7) is 13.8. The summed E-state index contributed by atoms with van der Waals surface area (Å²) in [7, 11) is 0. The van der Waals surface area contributed by atoms with E-state index >= 15 is 0 Å². The van der Waals surface area contributed by atoms with Gasteiger partial charge in [0.15, 0.2) is 0 Å². The maximum atomic E-state index is 5.04. The highest BCUT2D eigenvalue weighted by Gasteiger charge is 2.26. The van der Waals surface area contributed by atoms with Crippen molar-refractivity contribution < 1.29 is 0 Å². The van der Waals surface area contributed by atoms with Gasteiger partial charge in [-0.05, 0) is 129 Å². The average Bonchev–Trinajstić information content (AvgIpc) is 3.61. The summed E-state index contributed by atoms with van der Waals surface area (Å²) in [5.41, 5.74) is 18.0. The minimum Gasteiger partial charge on any atom is -0.310 e. The van der Waals surface area contributed by atoms with Crippen LogP contribution >= 0.6 is 11.9 Å². The van der Waals surface area contributed by atoms with Crippen LogP contribution in [-0.2, 0) is 11.8 Å². The molecular formula is C56H49N3S. The van der Waals surface area contributed by atoms with E-state index in [1.165, 1.54) is 67.1 Å². The van der Waals surface area contributed by atoms with Crippen LogP contribution < -0.4 is 4.90 Å². The molecule has 294 valence electrons. The Morgan fingerprint density at radius 3 is 1.63 bits per heavy atom. The lowest BCUT2D eigenvalue weighted by atomic mass is 9.86. The zero-order valence-electron chi connectivity index (χ0n) is 35.0. The Labute approximate surface area is 358 Å². The predicted octanol–water partition coefficient (Wildman–Crippen LogP) is 15.4. The molecule has 0 amide bonds. The lowest BCUT2D eigenvalue weighted by molar-refractivity contribution is 0.591. The van der Waals surface area contributed by atoms with Crippen LogP contribution in [0.15, 0.2) is 204 Å². The molecule has 0 unspecified atom stereocenters. The zero-order valence-corrected chi connectivity index (χ0v) is 35.8. The maximum Gasteiger partial charge on any atom is 0.0878 e. The molecule has 9 rings (SSSR count). The van der Waals surface area contributed by atoms with E-state index in [-0.39, 0.29) is 5.41 Å². The van der Waals surface area contributed by atoms with Crippen LogP contribution in [-0.4, -0.2) is 16.5 Å². The van der Waals surface area contributed by atoms with Crippen LogP contribution in [0, 0.1) is 0 Å². The van der Waals surface area contributed by atoms with E-state index in [2.05, 4.69) is 219 Å². The van der Waals surface area contributed by atoms with Crippen molar-refractivity contribution in [1.82, 2.24) is 4.57 Å². The van der Waals surface area contributed by atoms with Crippen molar-refractivity contribution in [2.45, 2.75) is 39.5 Å². The molecule has 0 N–H and O–H groups in total. The van der Waals surface area contributed by atoms with Gasteiger partial charge in [-0.15, -0.1) is 0 Å². The first kappa shape index (κ1) is 38.9.